The van der Waals surface area contributed by atoms with Gasteiger partial charge in [0.25, 0.3) is 0 Å². The molecule has 0 radical (unpaired) electrons. The van der Waals surface area contributed by atoms with Crippen LogP contribution in [0.1, 0.15) is 27.2 Å². The topological polar surface area (TPSA) is 60.9 Å². The molecule has 5 nitrogen and oxygen atoms in total. The van der Waals surface area contributed by atoms with Gasteiger partial charge in [0, 0.05) is 26.2 Å². The molecule has 5 heteroatoms. The number of carbonyl (C=O) groups is 2. The van der Waals surface area contributed by atoms with Crippen LogP contribution in [0.3, 0.4) is 0 Å². The summed E-state index contributed by atoms with van der Waals surface area (Å²) in [4.78, 5) is 26.3. The lowest BCUT2D eigenvalue weighted by Gasteiger charge is -2.30. The van der Waals surface area contributed by atoms with Crippen molar-refractivity contribution in [2.75, 3.05) is 26.2 Å². The molecular weight excluding hydrogens is 232 g/mol. The van der Waals surface area contributed by atoms with Gasteiger partial charge in [-0.1, -0.05) is 19.9 Å². The van der Waals surface area contributed by atoms with Crippen molar-refractivity contribution < 1.29 is 14.7 Å². The van der Waals surface area contributed by atoms with Gasteiger partial charge in [-0.3, -0.25) is 4.79 Å². The average molecular weight is 256 g/mol. The molecule has 0 fully saturated rings. The van der Waals surface area contributed by atoms with Gasteiger partial charge >= 0.3 is 12.0 Å². The Balaban J connectivity index is 4.64. The Morgan fingerprint density at radius 1 is 1.33 bits per heavy atom. The molecule has 0 saturated carbocycles. The molecule has 0 heterocycles. The molecule has 1 N–H and O–H groups in total. The number of hydrogen-bond acceptors (Lipinski definition) is 2. The fourth-order valence-corrected chi connectivity index (χ4v) is 1.64. The summed E-state index contributed by atoms with van der Waals surface area (Å²) in [6, 6.07) is -0.118. The molecule has 18 heavy (non-hydrogen) atoms. The predicted octanol–water partition coefficient (Wildman–Crippen LogP) is 2.05. The lowest BCUT2D eigenvalue weighted by atomic mass is 10.2. The molecule has 0 aliphatic rings. The molecule has 1 atom stereocenters. The van der Waals surface area contributed by atoms with Gasteiger partial charge in [0.15, 0.2) is 0 Å². The van der Waals surface area contributed by atoms with Crippen LogP contribution in [0.4, 0.5) is 4.79 Å². The zero-order chi connectivity index (χ0) is 14.1. The fourth-order valence-electron chi connectivity index (χ4n) is 1.64. The van der Waals surface area contributed by atoms with Gasteiger partial charge in [0.2, 0.25) is 0 Å². The number of nitrogens with zero attached hydrogens (tertiary/aromatic N) is 2. The third kappa shape index (κ3) is 5.21. The molecule has 104 valence electrons. The summed E-state index contributed by atoms with van der Waals surface area (Å²) in [5.41, 5.74) is 0. The van der Waals surface area contributed by atoms with E-state index in [1.807, 2.05) is 13.8 Å². The van der Waals surface area contributed by atoms with E-state index in [4.69, 9.17) is 5.11 Å². The monoisotopic (exact) mass is 256 g/mol. The third-order valence-electron chi connectivity index (χ3n) is 2.68. The van der Waals surface area contributed by atoms with Crippen LogP contribution in [-0.2, 0) is 4.79 Å². The highest BCUT2D eigenvalue weighted by Gasteiger charge is 2.22. The van der Waals surface area contributed by atoms with E-state index in [2.05, 4.69) is 6.58 Å². The molecule has 1 unspecified atom stereocenters. The van der Waals surface area contributed by atoms with Crippen LogP contribution in [-0.4, -0.2) is 53.1 Å². The summed E-state index contributed by atoms with van der Waals surface area (Å²) in [6.07, 6.45) is 2.55. The first-order chi connectivity index (χ1) is 8.47. The number of carbonyl (C=O) groups excluding carboxylic acids is 1. The maximum Gasteiger partial charge on any atom is 0.320 e. The minimum atomic E-state index is -0.882. The van der Waals surface area contributed by atoms with Crippen molar-refractivity contribution >= 4 is 12.0 Å². The Bertz CT molecular complexity index is 292. The molecule has 0 spiro atoms. The van der Waals surface area contributed by atoms with Gasteiger partial charge in [-0.25, -0.2) is 4.79 Å². The van der Waals surface area contributed by atoms with Crippen molar-refractivity contribution in [1.29, 1.82) is 0 Å². The molecule has 0 aromatic heterocycles. The van der Waals surface area contributed by atoms with Crippen molar-refractivity contribution in [1.82, 2.24) is 9.80 Å². The Kier molecular flexibility index (Phi) is 7.83. The average Bonchev–Trinajstić information content (AvgIpc) is 2.34. The number of hydrogen-bond donors (Lipinski definition) is 1. The Hall–Kier alpha value is -1.52. The standard InChI is InChI=1S/C13H24N2O3/c1-5-8-15(9-6-2)13(18)14(7-3)10-11(4)12(16)17/h5,11H,1,6-10H2,2-4H3,(H,16,17). The number of carboxylic acid groups (broad SMARTS) is 1. The summed E-state index contributed by atoms with van der Waals surface area (Å²) in [5, 5.41) is 8.89. The summed E-state index contributed by atoms with van der Waals surface area (Å²) in [6.45, 7) is 11.0. The van der Waals surface area contributed by atoms with Crippen molar-refractivity contribution in [3.05, 3.63) is 12.7 Å². The molecule has 0 saturated heterocycles. The quantitative estimate of drug-likeness (QED) is 0.676. The molecule has 0 rings (SSSR count). The van der Waals surface area contributed by atoms with Crippen molar-refractivity contribution in [3.8, 4) is 0 Å². The minimum Gasteiger partial charge on any atom is -0.481 e. The van der Waals surface area contributed by atoms with E-state index in [0.717, 1.165) is 6.42 Å². The Morgan fingerprint density at radius 3 is 2.33 bits per heavy atom. The highest BCUT2D eigenvalue weighted by Crippen LogP contribution is 2.06. The van der Waals surface area contributed by atoms with Gasteiger partial charge < -0.3 is 14.9 Å². The number of amides is 2. The highest BCUT2D eigenvalue weighted by atomic mass is 16.4. The van der Waals surface area contributed by atoms with Crippen LogP contribution in [0.25, 0.3) is 0 Å². The van der Waals surface area contributed by atoms with Crippen LogP contribution in [0.2, 0.25) is 0 Å². The second-order valence-corrected chi connectivity index (χ2v) is 4.30. The summed E-state index contributed by atoms with van der Waals surface area (Å²) in [5.74, 6) is -1.44. The van der Waals surface area contributed by atoms with Crippen molar-refractivity contribution in [2.45, 2.75) is 27.2 Å². The second-order valence-electron chi connectivity index (χ2n) is 4.30. The van der Waals surface area contributed by atoms with E-state index in [9.17, 15) is 9.59 Å². The largest absolute Gasteiger partial charge is 0.481 e. The Morgan fingerprint density at radius 2 is 1.94 bits per heavy atom. The predicted molar refractivity (Wildman–Crippen MR) is 71.5 cm³/mol. The van der Waals surface area contributed by atoms with Crippen LogP contribution in [0, 0.1) is 5.92 Å². The third-order valence-corrected chi connectivity index (χ3v) is 2.68. The van der Waals surface area contributed by atoms with Crippen LogP contribution >= 0.6 is 0 Å². The summed E-state index contributed by atoms with van der Waals surface area (Å²) < 4.78 is 0. The van der Waals surface area contributed by atoms with Gasteiger partial charge in [0.05, 0.1) is 5.92 Å². The first-order valence-corrected chi connectivity index (χ1v) is 6.35. The smallest absolute Gasteiger partial charge is 0.320 e. The van der Waals surface area contributed by atoms with Crippen LogP contribution < -0.4 is 0 Å². The fraction of sp³-hybridized carbons (Fsp3) is 0.692. The van der Waals surface area contributed by atoms with E-state index in [0.29, 0.717) is 19.6 Å². The van der Waals surface area contributed by atoms with Crippen molar-refractivity contribution in [3.63, 3.8) is 0 Å². The van der Waals surface area contributed by atoms with E-state index in [1.165, 1.54) is 0 Å². The van der Waals surface area contributed by atoms with E-state index < -0.39 is 11.9 Å². The SMILES string of the molecule is C=CCN(CCC)C(=O)N(CC)CC(C)C(=O)O. The summed E-state index contributed by atoms with van der Waals surface area (Å²) in [7, 11) is 0. The van der Waals surface area contributed by atoms with E-state index in [-0.39, 0.29) is 12.6 Å². The first-order valence-electron chi connectivity index (χ1n) is 6.35. The second kappa shape index (κ2) is 8.55. The number of rotatable bonds is 8. The van der Waals surface area contributed by atoms with Crippen LogP contribution in [0.15, 0.2) is 12.7 Å². The molecule has 0 aromatic rings. The normalized spacial score (nSPS) is 11.7. The van der Waals surface area contributed by atoms with E-state index >= 15 is 0 Å². The molecule has 0 aliphatic heterocycles. The number of carboxylic acids is 1. The van der Waals surface area contributed by atoms with Crippen LogP contribution in [0.5, 0.6) is 0 Å². The number of aliphatic carboxylic acids is 1. The minimum absolute atomic E-state index is 0.118. The zero-order valence-electron chi connectivity index (χ0n) is 11.6. The Labute approximate surface area is 109 Å². The maximum atomic E-state index is 12.2. The van der Waals surface area contributed by atoms with Gasteiger partial charge in [0.1, 0.15) is 0 Å². The molecule has 0 bridgehead atoms. The van der Waals surface area contributed by atoms with Gasteiger partial charge in [-0.2, -0.15) is 0 Å². The molecule has 2 amide bonds. The molecular formula is C13H24N2O3. The van der Waals surface area contributed by atoms with Gasteiger partial charge in [-0.15, -0.1) is 6.58 Å². The highest BCUT2D eigenvalue weighted by molar-refractivity contribution is 5.76. The van der Waals surface area contributed by atoms with Crippen molar-refractivity contribution in [2.24, 2.45) is 5.92 Å². The molecule has 0 aromatic carbocycles. The molecule has 0 aliphatic carbocycles. The first kappa shape index (κ1) is 16.5. The number of urea groups is 1. The summed E-state index contributed by atoms with van der Waals surface area (Å²) >= 11 is 0. The van der Waals surface area contributed by atoms with Gasteiger partial charge in [-0.05, 0) is 13.3 Å². The zero-order valence-corrected chi connectivity index (χ0v) is 11.6. The lowest BCUT2D eigenvalue weighted by molar-refractivity contribution is -0.141. The van der Waals surface area contributed by atoms with E-state index in [1.54, 1.807) is 22.8 Å². The lowest BCUT2D eigenvalue weighted by Crippen LogP contribution is -2.46. The maximum absolute atomic E-state index is 12.2.